The molecule has 0 aromatic heterocycles. The van der Waals surface area contributed by atoms with E-state index in [1.807, 2.05) is 0 Å². The van der Waals surface area contributed by atoms with Gasteiger partial charge in [-0.3, -0.25) is 4.90 Å². The van der Waals surface area contributed by atoms with Crippen LogP contribution in [0.1, 0.15) is 68.4 Å². The number of hydrogen-bond acceptors (Lipinski definition) is 3. The lowest BCUT2D eigenvalue weighted by Gasteiger charge is -2.46. The van der Waals surface area contributed by atoms with Gasteiger partial charge in [0, 0.05) is 11.6 Å². The molecule has 1 aromatic carbocycles. The van der Waals surface area contributed by atoms with Crippen LogP contribution in [0.5, 0.6) is 0 Å². The van der Waals surface area contributed by atoms with E-state index in [1.165, 1.54) is 56.9 Å². The van der Waals surface area contributed by atoms with Crippen molar-refractivity contribution >= 4 is 0 Å². The maximum atomic E-state index is 11.0. The zero-order chi connectivity index (χ0) is 15.7. The normalized spacial score (nSPS) is 33.3. The first kappa shape index (κ1) is 15.6. The average Bonchev–Trinajstić information content (AvgIpc) is 2.62. The van der Waals surface area contributed by atoms with E-state index in [2.05, 4.69) is 29.2 Å². The topological polar surface area (TPSA) is 32.7 Å². The van der Waals surface area contributed by atoms with Crippen molar-refractivity contribution in [1.29, 1.82) is 0 Å². The minimum atomic E-state index is -1.13. The molecule has 0 radical (unpaired) electrons. The summed E-state index contributed by atoms with van der Waals surface area (Å²) in [6, 6.07) is 9.12. The second-order valence-electron chi connectivity index (χ2n) is 7.67. The number of hydrogen-bond donors (Lipinski definition) is 1. The summed E-state index contributed by atoms with van der Waals surface area (Å²) >= 11 is 0. The van der Waals surface area contributed by atoms with Gasteiger partial charge in [-0.2, -0.15) is 0 Å². The van der Waals surface area contributed by atoms with Gasteiger partial charge < -0.3 is 9.84 Å². The van der Waals surface area contributed by atoms with Crippen LogP contribution in [0.25, 0.3) is 0 Å². The van der Waals surface area contributed by atoms with Gasteiger partial charge in [-0.25, -0.2) is 0 Å². The summed E-state index contributed by atoms with van der Waals surface area (Å²) in [4.78, 5) is 2.42. The summed E-state index contributed by atoms with van der Waals surface area (Å²) in [6.45, 7) is 2.36. The van der Waals surface area contributed by atoms with Crippen molar-refractivity contribution in [3.05, 3.63) is 35.4 Å². The van der Waals surface area contributed by atoms with Crippen LogP contribution in [0, 0.1) is 0 Å². The summed E-state index contributed by atoms with van der Waals surface area (Å²) < 4.78 is 5.92. The first-order chi connectivity index (χ1) is 11.2. The van der Waals surface area contributed by atoms with Crippen molar-refractivity contribution in [1.82, 2.24) is 4.90 Å². The summed E-state index contributed by atoms with van der Waals surface area (Å²) in [7, 11) is 0. The predicted octanol–water partition coefficient (Wildman–Crippen LogP) is 3.76. The largest absolute Gasteiger partial charge is 0.361 e. The number of aliphatic hydroxyl groups is 1. The zero-order valence-corrected chi connectivity index (χ0v) is 14.0. The number of piperidine rings is 1. The van der Waals surface area contributed by atoms with Gasteiger partial charge >= 0.3 is 0 Å². The van der Waals surface area contributed by atoms with E-state index in [-0.39, 0.29) is 0 Å². The molecule has 4 rings (SSSR count). The van der Waals surface area contributed by atoms with Crippen LogP contribution < -0.4 is 0 Å². The van der Waals surface area contributed by atoms with Crippen LogP contribution in [-0.2, 0) is 10.5 Å². The van der Waals surface area contributed by atoms with Gasteiger partial charge in [-0.15, -0.1) is 0 Å². The average molecular weight is 315 g/mol. The lowest BCUT2D eigenvalue weighted by molar-refractivity contribution is -0.264. The van der Waals surface area contributed by atoms with Crippen molar-refractivity contribution in [2.45, 2.75) is 69.1 Å². The molecule has 3 fully saturated rings. The lowest BCUT2D eigenvalue weighted by atomic mass is 9.83. The Hall–Kier alpha value is -0.900. The standard InChI is InChI=1S/C20H29NO2/c22-20(15-21-13-5-4-8-19(21)14-23-20)18-11-9-17(10-12-18)16-6-2-1-3-7-16/h9-12,16,19,22H,1-8,13-15H2. The molecular formula is C20H29NO2. The van der Waals surface area contributed by atoms with E-state index in [0.717, 1.165) is 12.1 Å². The van der Waals surface area contributed by atoms with Gasteiger partial charge in [-0.1, -0.05) is 49.9 Å². The molecule has 1 N–H and O–H groups in total. The number of benzene rings is 1. The van der Waals surface area contributed by atoms with E-state index in [4.69, 9.17) is 4.74 Å². The molecule has 0 amide bonds. The lowest BCUT2D eigenvalue weighted by Crippen LogP contribution is -2.56. The quantitative estimate of drug-likeness (QED) is 0.902. The fraction of sp³-hybridized carbons (Fsp3) is 0.700. The SMILES string of the molecule is OC1(c2ccc(C3CCCCC3)cc2)CN2CCCCC2CO1. The Kier molecular flexibility index (Phi) is 4.44. The molecule has 1 aliphatic carbocycles. The molecule has 3 heteroatoms. The highest BCUT2D eigenvalue weighted by atomic mass is 16.6. The van der Waals surface area contributed by atoms with Crippen LogP contribution >= 0.6 is 0 Å². The Labute approximate surface area is 139 Å². The second-order valence-corrected chi connectivity index (χ2v) is 7.67. The highest BCUT2D eigenvalue weighted by molar-refractivity contribution is 5.29. The smallest absolute Gasteiger partial charge is 0.205 e. The summed E-state index contributed by atoms with van der Waals surface area (Å²) in [6.07, 6.45) is 10.5. The molecule has 23 heavy (non-hydrogen) atoms. The fourth-order valence-corrected chi connectivity index (χ4v) is 4.64. The minimum Gasteiger partial charge on any atom is -0.361 e. The third kappa shape index (κ3) is 3.19. The second kappa shape index (κ2) is 6.54. The third-order valence-electron chi connectivity index (χ3n) is 6.12. The maximum absolute atomic E-state index is 11.0. The summed E-state index contributed by atoms with van der Waals surface area (Å²) in [5, 5.41) is 11.0. The molecule has 3 nitrogen and oxygen atoms in total. The molecule has 2 unspecified atom stereocenters. The molecule has 0 spiro atoms. The van der Waals surface area contributed by atoms with Gasteiger partial charge in [0.25, 0.3) is 0 Å². The first-order valence-corrected chi connectivity index (χ1v) is 9.45. The summed E-state index contributed by atoms with van der Waals surface area (Å²) in [5.74, 6) is -0.412. The van der Waals surface area contributed by atoms with Crippen molar-refractivity contribution < 1.29 is 9.84 Å². The Morgan fingerprint density at radius 3 is 2.48 bits per heavy atom. The van der Waals surface area contributed by atoms with Crippen molar-refractivity contribution in [3.8, 4) is 0 Å². The van der Waals surface area contributed by atoms with E-state index in [1.54, 1.807) is 0 Å². The van der Waals surface area contributed by atoms with Gasteiger partial charge in [0.2, 0.25) is 5.79 Å². The van der Waals surface area contributed by atoms with E-state index in [0.29, 0.717) is 25.1 Å². The van der Waals surface area contributed by atoms with Gasteiger partial charge in [0.1, 0.15) is 0 Å². The zero-order valence-electron chi connectivity index (χ0n) is 14.0. The molecule has 126 valence electrons. The Balaban J connectivity index is 1.48. The fourth-order valence-electron chi connectivity index (χ4n) is 4.64. The van der Waals surface area contributed by atoms with Crippen molar-refractivity contribution in [2.24, 2.45) is 0 Å². The number of nitrogens with zero attached hydrogens (tertiary/aromatic N) is 1. The highest BCUT2D eigenvalue weighted by Gasteiger charge is 2.41. The van der Waals surface area contributed by atoms with Crippen LogP contribution in [0.2, 0.25) is 0 Å². The molecular weight excluding hydrogens is 286 g/mol. The Morgan fingerprint density at radius 1 is 0.957 bits per heavy atom. The molecule has 2 heterocycles. The van der Waals surface area contributed by atoms with E-state index >= 15 is 0 Å². The minimum absolute atomic E-state index is 0.505. The number of fused-ring (bicyclic) bond motifs is 1. The molecule has 2 aliphatic heterocycles. The first-order valence-electron chi connectivity index (χ1n) is 9.45. The number of rotatable bonds is 2. The third-order valence-corrected chi connectivity index (χ3v) is 6.12. The summed E-state index contributed by atoms with van der Waals surface area (Å²) in [5.41, 5.74) is 2.35. The molecule has 2 atom stereocenters. The number of ether oxygens (including phenoxy) is 1. The molecule has 3 aliphatic rings. The van der Waals surface area contributed by atoms with E-state index < -0.39 is 5.79 Å². The Bertz CT molecular complexity index is 523. The molecule has 2 saturated heterocycles. The van der Waals surface area contributed by atoms with Gasteiger partial charge in [0.05, 0.1) is 13.2 Å². The van der Waals surface area contributed by atoms with Crippen LogP contribution in [0.4, 0.5) is 0 Å². The van der Waals surface area contributed by atoms with Crippen molar-refractivity contribution in [3.63, 3.8) is 0 Å². The maximum Gasteiger partial charge on any atom is 0.205 e. The van der Waals surface area contributed by atoms with Crippen LogP contribution in [0.15, 0.2) is 24.3 Å². The highest BCUT2D eigenvalue weighted by Crippen LogP contribution is 2.36. The van der Waals surface area contributed by atoms with Gasteiger partial charge in [-0.05, 0) is 43.7 Å². The number of morpholine rings is 1. The predicted molar refractivity (Wildman–Crippen MR) is 91.3 cm³/mol. The van der Waals surface area contributed by atoms with Gasteiger partial charge in [0.15, 0.2) is 0 Å². The van der Waals surface area contributed by atoms with Crippen LogP contribution in [-0.4, -0.2) is 35.7 Å². The Morgan fingerprint density at radius 2 is 1.70 bits per heavy atom. The molecule has 0 bridgehead atoms. The van der Waals surface area contributed by atoms with Crippen LogP contribution in [0.3, 0.4) is 0 Å². The molecule has 1 saturated carbocycles. The van der Waals surface area contributed by atoms with E-state index in [9.17, 15) is 5.11 Å². The van der Waals surface area contributed by atoms with Crippen molar-refractivity contribution in [2.75, 3.05) is 19.7 Å². The monoisotopic (exact) mass is 315 g/mol. The molecule has 1 aromatic rings.